The van der Waals surface area contributed by atoms with Crippen molar-refractivity contribution in [2.75, 3.05) is 0 Å². The van der Waals surface area contributed by atoms with E-state index >= 15 is 0 Å². The van der Waals surface area contributed by atoms with Crippen LogP contribution in [0.4, 0.5) is 0 Å². The Morgan fingerprint density at radius 1 is 0.583 bits per heavy atom. The van der Waals surface area contributed by atoms with Crippen LogP contribution in [0.15, 0.2) is 140 Å². The first-order chi connectivity index (χ1) is 23.6. The summed E-state index contributed by atoms with van der Waals surface area (Å²) in [6.45, 7) is 6.13. The van der Waals surface area contributed by atoms with E-state index in [0.717, 1.165) is 33.1 Å². The van der Waals surface area contributed by atoms with Crippen LogP contribution in [0, 0.1) is 6.92 Å². The molecule has 0 aliphatic rings. The van der Waals surface area contributed by atoms with Crippen molar-refractivity contribution < 1.29 is 0 Å². The second kappa shape index (κ2) is 11.4. The Bertz CT molecular complexity index is 2820. The van der Waals surface area contributed by atoms with Gasteiger partial charge in [0.2, 0.25) is 0 Å². The molecule has 9 rings (SSSR count). The lowest BCUT2D eigenvalue weighted by molar-refractivity contribution is 1.35. The first-order valence-corrected chi connectivity index (χ1v) is 17.0. The quantitative estimate of drug-likeness (QED) is 0.140. The summed E-state index contributed by atoms with van der Waals surface area (Å²) in [6, 6.07) is 41.7. The van der Waals surface area contributed by atoms with Crippen LogP contribution in [-0.4, -0.2) is 9.97 Å². The normalized spacial score (nSPS) is 12.2. The van der Waals surface area contributed by atoms with E-state index in [-0.39, 0.29) is 0 Å². The number of aryl methyl sites for hydroxylation is 1. The number of pyridine rings is 2. The average Bonchev–Trinajstić information content (AvgIpc) is 3.51. The number of thiophene rings is 1. The van der Waals surface area contributed by atoms with Crippen LogP contribution in [0.3, 0.4) is 0 Å². The summed E-state index contributed by atoms with van der Waals surface area (Å²) in [5, 5.41) is 9.91. The van der Waals surface area contributed by atoms with Crippen molar-refractivity contribution in [3.8, 4) is 11.1 Å². The Labute approximate surface area is 282 Å². The molecule has 3 heteroatoms. The molecule has 226 valence electrons. The van der Waals surface area contributed by atoms with Crippen molar-refractivity contribution in [2.24, 2.45) is 0 Å². The van der Waals surface area contributed by atoms with E-state index in [9.17, 15) is 0 Å². The average molecular weight is 631 g/mol. The van der Waals surface area contributed by atoms with Crippen molar-refractivity contribution in [2.45, 2.75) is 6.92 Å². The Morgan fingerprint density at radius 3 is 2.15 bits per heavy atom. The van der Waals surface area contributed by atoms with E-state index in [2.05, 4.69) is 146 Å². The molecule has 3 heterocycles. The highest BCUT2D eigenvalue weighted by molar-refractivity contribution is 7.25. The Morgan fingerprint density at radius 2 is 1.29 bits per heavy atom. The minimum atomic E-state index is 0.921. The van der Waals surface area contributed by atoms with Gasteiger partial charge in [0.15, 0.2) is 0 Å². The minimum absolute atomic E-state index is 0.921. The molecule has 0 fully saturated rings. The second-order valence-corrected chi connectivity index (χ2v) is 13.4. The topological polar surface area (TPSA) is 25.8 Å². The van der Waals surface area contributed by atoms with Gasteiger partial charge in [-0.25, -0.2) is 4.98 Å². The Kier molecular flexibility index (Phi) is 6.74. The van der Waals surface area contributed by atoms with Gasteiger partial charge in [-0.3, -0.25) is 4.98 Å². The van der Waals surface area contributed by atoms with Crippen LogP contribution in [-0.2, 0) is 0 Å². The predicted molar refractivity (Wildman–Crippen MR) is 210 cm³/mol. The van der Waals surface area contributed by atoms with Gasteiger partial charge >= 0.3 is 0 Å². The third-order valence-electron chi connectivity index (χ3n) is 9.46. The third-order valence-corrected chi connectivity index (χ3v) is 10.6. The molecule has 48 heavy (non-hydrogen) atoms. The molecule has 0 aliphatic carbocycles. The number of hydrogen-bond acceptors (Lipinski definition) is 3. The molecule has 9 aromatic rings. The lowest BCUT2D eigenvalue weighted by Gasteiger charge is -2.14. The maximum atomic E-state index is 4.96. The molecule has 0 amide bonds. The molecule has 6 aromatic carbocycles. The SMILES string of the molecule is C=C/C=C\c1c(C)c2cc(-c3ccc4c(c3)sc3cc(/C=C/c5ccc6ccc7cccnc7c6n5)ccc34)ccc2c2ccccc12. The van der Waals surface area contributed by atoms with Gasteiger partial charge in [-0.05, 0) is 92.7 Å². The fourth-order valence-corrected chi connectivity index (χ4v) is 8.23. The van der Waals surface area contributed by atoms with E-state index in [0.29, 0.717) is 0 Å². The number of nitrogens with zero attached hydrogens (tertiary/aromatic N) is 2. The number of hydrogen-bond donors (Lipinski definition) is 0. The number of benzene rings is 6. The number of aromatic nitrogens is 2. The molecule has 0 saturated heterocycles. The molecule has 0 unspecified atom stereocenters. The van der Waals surface area contributed by atoms with Crippen LogP contribution >= 0.6 is 11.3 Å². The van der Waals surface area contributed by atoms with Crippen molar-refractivity contribution in [1.29, 1.82) is 0 Å². The van der Waals surface area contributed by atoms with Gasteiger partial charge in [-0.1, -0.05) is 116 Å². The van der Waals surface area contributed by atoms with Gasteiger partial charge in [-0.2, -0.15) is 0 Å². The fraction of sp³-hybridized carbons (Fsp3) is 0.0222. The standard InChI is InChI=1S/C45H30N2S/c1-3-4-9-35-28(2)41-26-32(17-22-38(41)37-11-6-5-10-36(35)37)33-18-23-40-39-21-13-29(25-42(39)48-43(40)27-33)12-19-34-20-16-31-15-14-30-8-7-24-46-44(30)45(31)47-34/h3-27H,1H2,2H3/b9-4-,19-12+. The summed E-state index contributed by atoms with van der Waals surface area (Å²) in [4.78, 5) is 9.56. The molecule has 3 aromatic heterocycles. The molecule has 0 aliphatic heterocycles. The maximum Gasteiger partial charge on any atom is 0.0971 e. The monoisotopic (exact) mass is 630 g/mol. The van der Waals surface area contributed by atoms with E-state index in [1.165, 1.54) is 64.0 Å². The molecule has 0 atom stereocenters. The lowest BCUT2D eigenvalue weighted by Crippen LogP contribution is -1.90. The molecule has 0 radical (unpaired) electrons. The van der Waals surface area contributed by atoms with Crippen LogP contribution in [0.25, 0.3) is 92.9 Å². The number of rotatable bonds is 5. The number of allylic oxidation sites excluding steroid dienone is 2. The molecule has 2 nitrogen and oxygen atoms in total. The predicted octanol–water partition coefficient (Wildman–Crippen LogP) is 12.8. The lowest BCUT2D eigenvalue weighted by atomic mass is 9.90. The Hall–Kier alpha value is -5.90. The molecule has 0 N–H and O–H groups in total. The third kappa shape index (κ3) is 4.71. The highest BCUT2D eigenvalue weighted by atomic mass is 32.1. The Balaban J connectivity index is 1.08. The summed E-state index contributed by atoms with van der Waals surface area (Å²) in [5.41, 5.74) is 8.96. The summed E-state index contributed by atoms with van der Waals surface area (Å²) >= 11 is 1.85. The molecule has 0 spiro atoms. The van der Waals surface area contributed by atoms with Gasteiger partial charge in [0.25, 0.3) is 0 Å². The summed E-state index contributed by atoms with van der Waals surface area (Å²) in [6.07, 6.45) is 12.1. The van der Waals surface area contributed by atoms with E-state index in [4.69, 9.17) is 4.98 Å². The van der Waals surface area contributed by atoms with Gasteiger partial charge in [0.1, 0.15) is 0 Å². The van der Waals surface area contributed by atoms with Crippen molar-refractivity contribution in [3.63, 3.8) is 0 Å². The zero-order chi connectivity index (χ0) is 32.2. The highest BCUT2D eigenvalue weighted by Crippen LogP contribution is 2.39. The van der Waals surface area contributed by atoms with E-state index < -0.39 is 0 Å². The van der Waals surface area contributed by atoms with Crippen molar-refractivity contribution >= 4 is 93.1 Å². The van der Waals surface area contributed by atoms with E-state index in [1.54, 1.807) is 0 Å². The fourth-order valence-electron chi connectivity index (χ4n) is 7.04. The van der Waals surface area contributed by atoms with Crippen LogP contribution < -0.4 is 0 Å². The number of fused-ring (bicyclic) bond motifs is 9. The molecule has 0 bridgehead atoms. The summed E-state index contributed by atoms with van der Waals surface area (Å²) < 4.78 is 2.58. The first-order valence-electron chi connectivity index (χ1n) is 16.2. The van der Waals surface area contributed by atoms with Gasteiger partial charge in [0.05, 0.1) is 16.7 Å². The molecular formula is C45H30N2S. The second-order valence-electron chi connectivity index (χ2n) is 12.3. The maximum absolute atomic E-state index is 4.96. The van der Waals surface area contributed by atoms with Gasteiger partial charge in [-0.15, -0.1) is 11.3 Å². The van der Waals surface area contributed by atoms with E-state index in [1.807, 2.05) is 35.8 Å². The minimum Gasteiger partial charge on any atom is -0.254 e. The zero-order valence-corrected chi connectivity index (χ0v) is 27.3. The van der Waals surface area contributed by atoms with Gasteiger partial charge < -0.3 is 0 Å². The largest absolute Gasteiger partial charge is 0.254 e. The molecule has 0 saturated carbocycles. The van der Waals surface area contributed by atoms with Crippen molar-refractivity contribution in [1.82, 2.24) is 9.97 Å². The van der Waals surface area contributed by atoms with Gasteiger partial charge in [0, 0.05) is 37.1 Å². The highest BCUT2D eigenvalue weighted by Gasteiger charge is 2.13. The summed E-state index contributed by atoms with van der Waals surface area (Å²) in [7, 11) is 0. The van der Waals surface area contributed by atoms with Crippen LogP contribution in [0.2, 0.25) is 0 Å². The summed E-state index contributed by atoms with van der Waals surface area (Å²) in [5.74, 6) is 0. The van der Waals surface area contributed by atoms with Crippen LogP contribution in [0.1, 0.15) is 22.4 Å². The van der Waals surface area contributed by atoms with Crippen LogP contribution in [0.5, 0.6) is 0 Å². The smallest absolute Gasteiger partial charge is 0.0971 e. The first kappa shape index (κ1) is 28.3. The zero-order valence-electron chi connectivity index (χ0n) is 26.4. The molecular weight excluding hydrogens is 601 g/mol. The van der Waals surface area contributed by atoms with Crippen molar-refractivity contribution in [3.05, 3.63) is 163 Å².